The molecular weight excluding hydrogens is 302 g/mol. The lowest BCUT2D eigenvalue weighted by Crippen LogP contribution is -2.28. The Morgan fingerprint density at radius 3 is 2.38 bits per heavy atom. The number of ether oxygens (including phenoxy) is 1. The highest BCUT2D eigenvalue weighted by atomic mass is 16.5. The molecule has 2 aromatic carbocycles. The molecule has 2 aromatic rings. The maximum absolute atomic E-state index is 12.0. The first-order chi connectivity index (χ1) is 11.6. The number of benzene rings is 2. The minimum absolute atomic E-state index is 0.0112. The van der Waals surface area contributed by atoms with E-state index in [2.05, 4.69) is 11.9 Å². The van der Waals surface area contributed by atoms with Gasteiger partial charge in [-0.25, -0.2) is 4.79 Å². The number of rotatable bonds is 7. The molecular formula is C20H21NO3. The molecule has 0 saturated heterocycles. The Kier molecular flexibility index (Phi) is 6.32. The van der Waals surface area contributed by atoms with Crippen LogP contribution in [0, 0.1) is 0 Å². The highest BCUT2D eigenvalue weighted by Crippen LogP contribution is 2.18. The number of carbonyl (C=O) groups excluding carboxylic acids is 2. The van der Waals surface area contributed by atoms with Crippen LogP contribution in [0.3, 0.4) is 0 Å². The lowest BCUT2D eigenvalue weighted by Gasteiger charge is -2.18. The van der Waals surface area contributed by atoms with Crippen molar-refractivity contribution in [1.29, 1.82) is 0 Å². The van der Waals surface area contributed by atoms with Gasteiger partial charge in [-0.2, -0.15) is 0 Å². The van der Waals surface area contributed by atoms with Crippen molar-refractivity contribution in [2.24, 2.45) is 0 Å². The van der Waals surface area contributed by atoms with Crippen molar-refractivity contribution in [3.05, 3.63) is 83.9 Å². The molecule has 0 radical (unpaired) electrons. The standard InChI is InChI=1S/C20H21NO3/c1-3-7-19(18-12-10-17(11-13-18)15(2)22)21-20(23)24-14-16-8-5-4-6-9-16/h3-6,8-13,19H,1,7,14H2,2H3,(H,21,23). The first kappa shape index (κ1) is 17.5. The summed E-state index contributed by atoms with van der Waals surface area (Å²) in [6.07, 6.45) is 1.82. The molecule has 0 aliphatic heterocycles. The van der Waals surface area contributed by atoms with Crippen LogP contribution in [-0.2, 0) is 11.3 Å². The fourth-order valence-corrected chi connectivity index (χ4v) is 2.30. The normalized spacial score (nSPS) is 11.4. The zero-order valence-corrected chi connectivity index (χ0v) is 13.7. The summed E-state index contributed by atoms with van der Waals surface area (Å²) in [5.74, 6) is 0.0112. The van der Waals surface area contributed by atoms with Crippen LogP contribution in [0.15, 0.2) is 67.3 Å². The molecule has 0 bridgehead atoms. The van der Waals surface area contributed by atoms with E-state index >= 15 is 0 Å². The smallest absolute Gasteiger partial charge is 0.407 e. The summed E-state index contributed by atoms with van der Waals surface area (Å²) in [5, 5.41) is 2.84. The number of hydrogen-bond acceptors (Lipinski definition) is 3. The fraction of sp³-hybridized carbons (Fsp3) is 0.200. The summed E-state index contributed by atoms with van der Waals surface area (Å²) >= 11 is 0. The highest BCUT2D eigenvalue weighted by molar-refractivity contribution is 5.94. The maximum Gasteiger partial charge on any atom is 0.407 e. The summed E-state index contributed by atoms with van der Waals surface area (Å²) in [6.45, 7) is 5.47. The minimum Gasteiger partial charge on any atom is -0.445 e. The quantitative estimate of drug-likeness (QED) is 0.605. The second-order valence-corrected chi connectivity index (χ2v) is 5.46. The van der Waals surface area contributed by atoms with Crippen molar-refractivity contribution in [3.63, 3.8) is 0 Å². The summed E-state index contributed by atoms with van der Waals surface area (Å²) in [4.78, 5) is 23.4. The van der Waals surface area contributed by atoms with Crippen LogP contribution in [-0.4, -0.2) is 11.9 Å². The van der Waals surface area contributed by atoms with E-state index in [1.165, 1.54) is 6.92 Å². The van der Waals surface area contributed by atoms with Gasteiger partial charge in [-0.15, -0.1) is 6.58 Å². The van der Waals surface area contributed by atoms with Crippen LogP contribution >= 0.6 is 0 Å². The van der Waals surface area contributed by atoms with Gasteiger partial charge in [0.1, 0.15) is 6.61 Å². The van der Waals surface area contributed by atoms with E-state index < -0.39 is 6.09 Å². The van der Waals surface area contributed by atoms with Gasteiger partial charge in [0.15, 0.2) is 5.78 Å². The number of nitrogens with one attached hydrogen (secondary N) is 1. The Labute approximate surface area is 142 Å². The van der Waals surface area contributed by atoms with E-state index in [0.717, 1.165) is 11.1 Å². The van der Waals surface area contributed by atoms with Crippen molar-refractivity contribution in [2.45, 2.75) is 26.0 Å². The van der Waals surface area contributed by atoms with E-state index in [1.807, 2.05) is 42.5 Å². The highest BCUT2D eigenvalue weighted by Gasteiger charge is 2.14. The van der Waals surface area contributed by atoms with Crippen molar-refractivity contribution >= 4 is 11.9 Å². The summed E-state index contributed by atoms with van der Waals surface area (Å²) in [5.41, 5.74) is 2.47. The molecule has 1 atom stereocenters. The maximum atomic E-state index is 12.0. The third-order valence-corrected chi connectivity index (χ3v) is 3.63. The van der Waals surface area contributed by atoms with E-state index in [-0.39, 0.29) is 18.4 Å². The van der Waals surface area contributed by atoms with E-state index in [9.17, 15) is 9.59 Å². The van der Waals surface area contributed by atoms with Crippen LogP contribution in [0.1, 0.15) is 40.9 Å². The summed E-state index contributed by atoms with van der Waals surface area (Å²) in [7, 11) is 0. The van der Waals surface area contributed by atoms with Gasteiger partial charge in [0.2, 0.25) is 0 Å². The third kappa shape index (κ3) is 5.09. The van der Waals surface area contributed by atoms with Crippen molar-refractivity contribution in [1.82, 2.24) is 5.32 Å². The molecule has 1 N–H and O–H groups in total. The van der Waals surface area contributed by atoms with Crippen LogP contribution < -0.4 is 5.32 Å². The Morgan fingerprint density at radius 2 is 1.79 bits per heavy atom. The molecule has 0 spiro atoms. The van der Waals surface area contributed by atoms with Crippen LogP contribution in [0.5, 0.6) is 0 Å². The van der Waals surface area contributed by atoms with Crippen molar-refractivity contribution in [3.8, 4) is 0 Å². The van der Waals surface area contributed by atoms with Gasteiger partial charge in [0.05, 0.1) is 6.04 Å². The van der Waals surface area contributed by atoms with Crippen LogP contribution in [0.4, 0.5) is 4.79 Å². The summed E-state index contributed by atoms with van der Waals surface area (Å²) < 4.78 is 5.25. The first-order valence-electron chi connectivity index (χ1n) is 7.79. The van der Waals surface area contributed by atoms with Crippen molar-refractivity contribution in [2.75, 3.05) is 0 Å². The van der Waals surface area contributed by atoms with Crippen LogP contribution in [0.25, 0.3) is 0 Å². The number of alkyl carbamates (subject to hydrolysis) is 1. The zero-order chi connectivity index (χ0) is 17.4. The second kappa shape index (κ2) is 8.67. The number of Topliss-reactive ketones (excluding diaryl/α,β-unsaturated/α-hetero) is 1. The molecule has 2 rings (SSSR count). The third-order valence-electron chi connectivity index (χ3n) is 3.63. The van der Waals surface area contributed by atoms with Gasteiger partial charge in [-0.05, 0) is 24.5 Å². The lowest BCUT2D eigenvalue weighted by molar-refractivity contribution is 0.101. The fourth-order valence-electron chi connectivity index (χ4n) is 2.30. The minimum atomic E-state index is -0.485. The molecule has 1 amide bonds. The predicted octanol–water partition coefficient (Wildman–Crippen LogP) is 4.43. The number of carbonyl (C=O) groups is 2. The van der Waals surface area contributed by atoms with Gasteiger partial charge >= 0.3 is 6.09 Å². The average Bonchev–Trinajstić information content (AvgIpc) is 2.60. The van der Waals surface area contributed by atoms with Gasteiger partial charge < -0.3 is 10.1 Å². The van der Waals surface area contributed by atoms with Crippen LogP contribution in [0.2, 0.25) is 0 Å². The number of amides is 1. The number of hydrogen-bond donors (Lipinski definition) is 1. The largest absolute Gasteiger partial charge is 0.445 e. The van der Waals surface area contributed by atoms with E-state index in [0.29, 0.717) is 12.0 Å². The van der Waals surface area contributed by atoms with Gasteiger partial charge in [-0.3, -0.25) is 4.79 Å². The van der Waals surface area contributed by atoms with E-state index in [1.54, 1.807) is 18.2 Å². The van der Waals surface area contributed by atoms with Gasteiger partial charge in [0, 0.05) is 5.56 Å². The molecule has 4 nitrogen and oxygen atoms in total. The SMILES string of the molecule is C=CCC(NC(=O)OCc1ccccc1)c1ccc(C(C)=O)cc1. The first-order valence-corrected chi connectivity index (χ1v) is 7.79. The van der Waals surface area contributed by atoms with E-state index in [4.69, 9.17) is 4.74 Å². The topological polar surface area (TPSA) is 55.4 Å². The predicted molar refractivity (Wildman–Crippen MR) is 93.8 cm³/mol. The molecule has 0 heterocycles. The molecule has 124 valence electrons. The molecule has 24 heavy (non-hydrogen) atoms. The Morgan fingerprint density at radius 1 is 1.12 bits per heavy atom. The van der Waals surface area contributed by atoms with Gasteiger partial charge in [0.25, 0.3) is 0 Å². The summed E-state index contributed by atoms with van der Waals surface area (Å²) in [6, 6.07) is 16.4. The average molecular weight is 323 g/mol. The molecule has 4 heteroatoms. The lowest BCUT2D eigenvalue weighted by atomic mass is 10.0. The van der Waals surface area contributed by atoms with Crippen molar-refractivity contribution < 1.29 is 14.3 Å². The Bertz CT molecular complexity index is 693. The molecule has 0 aliphatic carbocycles. The molecule has 0 fully saturated rings. The molecule has 0 saturated carbocycles. The second-order valence-electron chi connectivity index (χ2n) is 5.46. The molecule has 0 aliphatic rings. The Hall–Kier alpha value is -2.88. The molecule has 1 unspecified atom stereocenters. The Balaban J connectivity index is 1.98. The monoisotopic (exact) mass is 323 g/mol. The zero-order valence-electron chi connectivity index (χ0n) is 13.7. The van der Waals surface area contributed by atoms with Gasteiger partial charge in [-0.1, -0.05) is 60.7 Å². The number of ketones is 1. The molecule has 0 aromatic heterocycles.